The Morgan fingerprint density at radius 2 is 2.31 bits per heavy atom. The molecule has 2 rings (SSSR count). The summed E-state index contributed by atoms with van der Waals surface area (Å²) in [4.78, 5) is 2.19. The lowest BCUT2D eigenvalue weighted by Crippen LogP contribution is -2.32. The third-order valence-corrected chi connectivity index (χ3v) is 3.61. The van der Waals surface area contributed by atoms with E-state index in [1.807, 2.05) is 18.2 Å². The molecule has 2 nitrogen and oxygen atoms in total. The molecule has 16 heavy (non-hydrogen) atoms. The van der Waals surface area contributed by atoms with E-state index in [-0.39, 0.29) is 0 Å². The van der Waals surface area contributed by atoms with Gasteiger partial charge in [-0.1, -0.05) is 23.7 Å². The zero-order valence-electron chi connectivity index (χ0n) is 9.25. The van der Waals surface area contributed by atoms with Crippen molar-refractivity contribution in [1.29, 1.82) is 0 Å². The maximum absolute atomic E-state index is 6.24. The van der Waals surface area contributed by atoms with Crippen LogP contribution in [0.1, 0.15) is 12.0 Å². The lowest BCUT2D eigenvalue weighted by Gasteiger charge is -2.28. The highest BCUT2D eigenvalue weighted by Gasteiger charge is 2.23. The van der Waals surface area contributed by atoms with E-state index in [0.717, 1.165) is 35.9 Å². The highest BCUT2D eigenvalue weighted by molar-refractivity contribution is 6.33. The SMILES string of the molecule is CN(c1c(Cl)cccc1CCl)C1CCOC1. The molecular weight excluding hydrogens is 245 g/mol. The summed E-state index contributed by atoms with van der Waals surface area (Å²) in [5, 5.41) is 0.757. The van der Waals surface area contributed by atoms with Gasteiger partial charge < -0.3 is 9.64 Å². The molecule has 1 aliphatic rings. The molecule has 88 valence electrons. The van der Waals surface area contributed by atoms with Crippen LogP contribution in [0.15, 0.2) is 18.2 Å². The second-order valence-electron chi connectivity index (χ2n) is 4.01. The van der Waals surface area contributed by atoms with Gasteiger partial charge in [-0.25, -0.2) is 0 Å². The lowest BCUT2D eigenvalue weighted by molar-refractivity contribution is 0.193. The molecule has 1 atom stereocenters. The number of benzene rings is 1. The third-order valence-electron chi connectivity index (χ3n) is 3.02. The van der Waals surface area contributed by atoms with E-state index >= 15 is 0 Å². The number of ether oxygens (including phenoxy) is 1. The second-order valence-corrected chi connectivity index (χ2v) is 4.68. The first-order chi connectivity index (χ1) is 7.74. The van der Waals surface area contributed by atoms with Crippen LogP contribution in [0, 0.1) is 0 Å². The van der Waals surface area contributed by atoms with E-state index < -0.39 is 0 Å². The standard InChI is InChI=1S/C12H15Cl2NO/c1-15(10-5-6-16-8-10)12-9(7-13)3-2-4-11(12)14/h2-4,10H,5-8H2,1H3. The maximum atomic E-state index is 6.24. The van der Waals surface area contributed by atoms with Crippen molar-refractivity contribution in [2.45, 2.75) is 18.3 Å². The number of halogens is 2. The van der Waals surface area contributed by atoms with Gasteiger partial charge in [-0.2, -0.15) is 0 Å². The minimum Gasteiger partial charge on any atom is -0.379 e. The van der Waals surface area contributed by atoms with Gasteiger partial charge in [0.1, 0.15) is 0 Å². The number of likely N-dealkylation sites (N-methyl/N-ethyl adjacent to an activating group) is 1. The number of hydrogen-bond acceptors (Lipinski definition) is 2. The molecule has 1 saturated heterocycles. The number of nitrogens with zero attached hydrogens (tertiary/aromatic N) is 1. The molecule has 0 aromatic heterocycles. The number of para-hydroxylation sites is 1. The van der Waals surface area contributed by atoms with E-state index in [9.17, 15) is 0 Å². The number of alkyl halides is 1. The fraction of sp³-hybridized carbons (Fsp3) is 0.500. The minimum absolute atomic E-state index is 0.405. The van der Waals surface area contributed by atoms with Gasteiger partial charge in [0.05, 0.1) is 23.4 Å². The predicted molar refractivity (Wildman–Crippen MR) is 68.6 cm³/mol. The lowest BCUT2D eigenvalue weighted by atomic mass is 10.1. The van der Waals surface area contributed by atoms with Crippen molar-refractivity contribution >= 4 is 28.9 Å². The Morgan fingerprint density at radius 1 is 1.50 bits per heavy atom. The third kappa shape index (κ3) is 2.29. The Labute approximate surface area is 106 Å². The molecule has 4 heteroatoms. The average molecular weight is 260 g/mol. The molecule has 1 aliphatic heterocycles. The normalized spacial score (nSPS) is 20.1. The highest BCUT2D eigenvalue weighted by atomic mass is 35.5. The van der Waals surface area contributed by atoms with Crippen molar-refractivity contribution in [2.24, 2.45) is 0 Å². The summed E-state index contributed by atoms with van der Waals surface area (Å²) < 4.78 is 5.40. The summed E-state index contributed by atoms with van der Waals surface area (Å²) >= 11 is 12.2. The monoisotopic (exact) mass is 259 g/mol. The van der Waals surface area contributed by atoms with Crippen LogP contribution in [0.5, 0.6) is 0 Å². The van der Waals surface area contributed by atoms with Crippen molar-refractivity contribution < 1.29 is 4.74 Å². The zero-order valence-corrected chi connectivity index (χ0v) is 10.8. The molecule has 1 heterocycles. The quantitative estimate of drug-likeness (QED) is 0.773. The average Bonchev–Trinajstić information content (AvgIpc) is 2.81. The van der Waals surface area contributed by atoms with Crippen molar-refractivity contribution in [3.05, 3.63) is 28.8 Å². The van der Waals surface area contributed by atoms with E-state index in [0.29, 0.717) is 11.9 Å². The summed E-state index contributed by atoms with van der Waals surface area (Å²) in [7, 11) is 2.05. The molecule has 1 aromatic carbocycles. The van der Waals surface area contributed by atoms with Gasteiger partial charge >= 0.3 is 0 Å². The van der Waals surface area contributed by atoms with Crippen LogP contribution in [0.3, 0.4) is 0 Å². The van der Waals surface area contributed by atoms with Crippen LogP contribution in [-0.2, 0) is 10.6 Å². The number of rotatable bonds is 3. The van der Waals surface area contributed by atoms with Crippen molar-refractivity contribution in [2.75, 3.05) is 25.2 Å². The van der Waals surface area contributed by atoms with Gasteiger partial charge in [-0.05, 0) is 18.1 Å². The van der Waals surface area contributed by atoms with Crippen LogP contribution >= 0.6 is 23.2 Å². The second kappa shape index (κ2) is 5.26. The summed E-state index contributed by atoms with van der Waals surface area (Å²) in [6, 6.07) is 6.25. The Balaban J connectivity index is 2.30. The number of hydrogen-bond donors (Lipinski definition) is 0. The van der Waals surface area contributed by atoms with Gasteiger partial charge in [0, 0.05) is 19.5 Å². The van der Waals surface area contributed by atoms with Gasteiger partial charge in [0.2, 0.25) is 0 Å². The van der Waals surface area contributed by atoms with Crippen LogP contribution in [0.4, 0.5) is 5.69 Å². The summed E-state index contributed by atoms with van der Waals surface area (Å²) in [5.74, 6) is 0.480. The van der Waals surface area contributed by atoms with Gasteiger partial charge in [0.25, 0.3) is 0 Å². The van der Waals surface area contributed by atoms with Crippen molar-refractivity contribution in [3.63, 3.8) is 0 Å². The molecular formula is C12H15Cl2NO. The minimum atomic E-state index is 0.405. The predicted octanol–water partition coefficient (Wildman–Crippen LogP) is 3.30. The summed E-state index contributed by atoms with van der Waals surface area (Å²) in [6.45, 7) is 1.60. The molecule has 0 radical (unpaired) electrons. The van der Waals surface area contributed by atoms with Crippen LogP contribution < -0.4 is 4.90 Å². The molecule has 1 aromatic rings. The molecule has 0 saturated carbocycles. The van der Waals surface area contributed by atoms with Crippen LogP contribution in [0.2, 0.25) is 5.02 Å². The largest absolute Gasteiger partial charge is 0.379 e. The molecule has 0 spiro atoms. The van der Waals surface area contributed by atoms with E-state index in [2.05, 4.69) is 11.9 Å². The first kappa shape index (κ1) is 12.0. The fourth-order valence-corrected chi connectivity index (χ4v) is 2.62. The molecule has 0 bridgehead atoms. The fourth-order valence-electron chi connectivity index (χ4n) is 2.07. The topological polar surface area (TPSA) is 12.5 Å². The smallest absolute Gasteiger partial charge is 0.0670 e. The summed E-state index contributed by atoms with van der Waals surface area (Å²) in [6.07, 6.45) is 1.05. The zero-order chi connectivity index (χ0) is 11.5. The molecule has 0 N–H and O–H groups in total. The maximum Gasteiger partial charge on any atom is 0.0670 e. The van der Waals surface area contributed by atoms with Crippen molar-refractivity contribution in [3.8, 4) is 0 Å². The Morgan fingerprint density at radius 3 is 2.94 bits per heavy atom. The van der Waals surface area contributed by atoms with Crippen LogP contribution in [0.25, 0.3) is 0 Å². The molecule has 0 aliphatic carbocycles. The Hall–Kier alpha value is -0.440. The van der Waals surface area contributed by atoms with Gasteiger partial charge in [-0.15, -0.1) is 11.6 Å². The van der Waals surface area contributed by atoms with Crippen LogP contribution in [-0.4, -0.2) is 26.3 Å². The van der Waals surface area contributed by atoms with E-state index in [4.69, 9.17) is 27.9 Å². The first-order valence-electron chi connectivity index (χ1n) is 5.38. The Kier molecular flexibility index (Phi) is 3.95. The summed E-state index contributed by atoms with van der Waals surface area (Å²) in [5.41, 5.74) is 2.11. The van der Waals surface area contributed by atoms with E-state index in [1.165, 1.54) is 0 Å². The molecule has 1 fully saturated rings. The molecule has 1 unspecified atom stereocenters. The van der Waals surface area contributed by atoms with Gasteiger partial charge in [-0.3, -0.25) is 0 Å². The van der Waals surface area contributed by atoms with Crippen molar-refractivity contribution in [1.82, 2.24) is 0 Å². The Bertz CT molecular complexity index is 364. The molecule has 0 amide bonds. The van der Waals surface area contributed by atoms with Gasteiger partial charge in [0.15, 0.2) is 0 Å². The highest BCUT2D eigenvalue weighted by Crippen LogP contribution is 2.32. The van der Waals surface area contributed by atoms with E-state index in [1.54, 1.807) is 0 Å². The first-order valence-corrected chi connectivity index (χ1v) is 6.29. The number of anilines is 1.